The van der Waals surface area contributed by atoms with Gasteiger partial charge in [-0.1, -0.05) is 52.2 Å². The van der Waals surface area contributed by atoms with Crippen LogP contribution in [0.15, 0.2) is 12.2 Å². The first-order valence-corrected chi connectivity index (χ1v) is 16.4. The minimum Gasteiger partial charge on any atom is -0.381 e. The van der Waals surface area contributed by atoms with Gasteiger partial charge in [-0.25, -0.2) is 0 Å². The predicted octanol–water partition coefficient (Wildman–Crippen LogP) is 6.62. The zero-order valence-electron chi connectivity index (χ0n) is 18.1. The Morgan fingerprint density at radius 3 is 2.07 bits per heavy atom. The van der Waals surface area contributed by atoms with E-state index in [0.717, 1.165) is 83.7 Å². The number of carbonyl (C=O) groups excluding carboxylic acids is 1. The third-order valence-corrected chi connectivity index (χ3v) is 7.83. The number of ether oxygens (including phenoxy) is 2. The van der Waals surface area contributed by atoms with Crippen LogP contribution in [0.25, 0.3) is 0 Å². The van der Waals surface area contributed by atoms with Crippen molar-refractivity contribution >= 4 is 45.3 Å². The number of carbonyl (C=O) groups is 1. The number of unbranched alkanes of at least 4 members (excludes halogenated alkanes) is 3. The molecule has 0 heterocycles. The molecule has 0 amide bonds. The molecule has 0 aliphatic heterocycles. The van der Waals surface area contributed by atoms with Crippen LogP contribution in [-0.2, 0) is 18.7 Å². The summed E-state index contributed by atoms with van der Waals surface area (Å²) in [6.07, 6.45) is 14.2. The number of hydrogen-bond acceptors (Lipinski definition) is 4. The van der Waals surface area contributed by atoms with Crippen molar-refractivity contribution in [3.8, 4) is 0 Å². The lowest BCUT2D eigenvalue weighted by Gasteiger charge is -2.28. The van der Waals surface area contributed by atoms with Crippen LogP contribution in [0.2, 0.25) is 0 Å². The second-order valence-electron chi connectivity index (χ2n) is 8.59. The summed E-state index contributed by atoms with van der Waals surface area (Å²) < 4.78 is 16.6. The molecule has 2 saturated carbocycles. The van der Waals surface area contributed by atoms with Gasteiger partial charge < -0.3 is 13.9 Å². The third kappa shape index (κ3) is 11.3. The molecule has 30 heavy (non-hydrogen) atoms. The Morgan fingerprint density at radius 2 is 1.47 bits per heavy atom. The van der Waals surface area contributed by atoms with E-state index in [1.165, 1.54) is 0 Å². The predicted molar refractivity (Wildman–Crippen MR) is 126 cm³/mol. The molecule has 2 fully saturated rings. The quantitative estimate of drug-likeness (QED) is 0.124. The van der Waals surface area contributed by atoms with Crippen molar-refractivity contribution in [3.05, 3.63) is 12.2 Å². The molecule has 0 spiro atoms. The second kappa shape index (κ2) is 14.5. The van der Waals surface area contributed by atoms with E-state index >= 15 is 0 Å². The Bertz CT molecular complexity index is 511. The molecule has 8 heteroatoms. The number of allylic oxidation sites excluding steroid dienone is 2. The van der Waals surface area contributed by atoms with Crippen LogP contribution >= 0.6 is 33.2 Å². The van der Waals surface area contributed by atoms with Crippen LogP contribution in [0, 0.1) is 11.8 Å². The van der Waals surface area contributed by atoms with E-state index in [0.29, 0.717) is 30.5 Å². The van der Waals surface area contributed by atoms with Crippen LogP contribution < -0.4 is 0 Å². The van der Waals surface area contributed by atoms with Crippen LogP contribution in [0.1, 0.15) is 77.0 Å². The molecule has 0 radical (unpaired) electrons. The summed E-state index contributed by atoms with van der Waals surface area (Å²) in [6.45, 7) is 1.30. The van der Waals surface area contributed by atoms with Gasteiger partial charge in [0, 0.05) is 26.2 Å². The lowest BCUT2D eigenvalue weighted by atomic mass is 9.83. The summed E-state index contributed by atoms with van der Waals surface area (Å²) in [6, 6.07) is 0. The Kier molecular flexibility index (Phi) is 12.9. The Balaban J connectivity index is 1.49. The van der Waals surface area contributed by atoms with E-state index in [9.17, 15) is 4.79 Å². The summed E-state index contributed by atoms with van der Waals surface area (Å²) in [7, 11) is 1.79. The first-order chi connectivity index (χ1) is 14.4. The van der Waals surface area contributed by atoms with Gasteiger partial charge in [0.25, 0.3) is 0 Å². The molecular formula is C22H37Cl3O4Si. The minimum absolute atomic E-state index is 0.179. The number of halogens is 3. The molecule has 0 aromatic carbocycles. The molecule has 0 N–H and O–H groups in total. The van der Waals surface area contributed by atoms with Crippen LogP contribution in [0.3, 0.4) is 0 Å². The molecule has 0 aromatic heterocycles. The van der Waals surface area contributed by atoms with Gasteiger partial charge in [0.1, 0.15) is 0 Å². The topological polar surface area (TPSA) is 44.8 Å². The smallest absolute Gasteiger partial charge is 0.381 e. The van der Waals surface area contributed by atoms with Gasteiger partial charge >= 0.3 is 6.25 Å². The van der Waals surface area contributed by atoms with Gasteiger partial charge in [0.15, 0.2) is 5.78 Å². The highest BCUT2D eigenvalue weighted by Crippen LogP contribution is 2.29. The van der Waals surface area contributed by atoms with Crippen LogP contribution in [0.4, 0.5) is 0 Å². The van der Waals surface area contributed by atoms with Crippen molar-refractivity contribution in [2.75, 3.05) is 20.3 Å². The van der Waals surface area contributed by atoms with E-state index in [2.05, 4.69) is 6.08 Å². The maximum absolute atomic E-state index is 12.5. The number of rotatable bonds is 13. The summed E-state index contributed by atoms with van der Waals surface area (Å²) in [4.78, 5) is 12.5. The van der Waals surface area contributed by atoms with Crippen molar-refractivity contribution in [1.29, 1.82) is 0 Å². The zero-order chi connectivity index (χ0) is 21.8. The van der Waals surface area contributed by atoms with Crippen LogP contribution in [0.5, 0.6) is 0 Å². The lowest BCUT2D eigenvalue weighted by Crippen LogP contribution is -2.26. The molecule has 0 unspecified atom stereocenters. The maximum atomic E-state index is 12.5. The van der Waals surface area contributed by atoms with Gasteiger partial charge in [0.2, 0.25) is 0 Å². The van der Waals surface area contributed by atoms with Crippen molar-refractivity contribution < 1.29 is 18.7 Å². The summed E-state index contributed by atoms with van der Waals surface area (Å²) in [5.41, 5.74) is 0. The molecule has 0 aromatic rings. The fourth-order valence-electron chi connectivity index (χ4n) is 4.39. The molecule has 0 saturated heterocycles. The average molecular weight is 500 g/mol. The third-order valence-electron chi connectivity index (χ3n) is 6.32. The van der Waals surface area contributed by atoms with Crippen molar-refractivity contribution in [2.24, 2.45) is 11.8 Å². The van der Waals surface area contributed by atoms with Crippen LogP contribution in [-0.4, -0.2) is 44.6 Å². The number of ketones is 1. The second-order valence-corrected chi connectivity index (χ2v) is 16.3. The van der Waals surface area contributed by atoms with Crippen molar-refractivity contribution in [2.45, 2.75) is 89.3 Å². The zero-order valence-corrected chi connectivity index (χ0v) is 21.4. The normalized spacial score (nSPS) is 28.1. The molecule has 2 aliphatic rings. The fourth-order valence-corrected chi connectivity index (χ4v) is 5.46. The van der Waals surface area contributed by atoms with Crippen molar-refractivity contribution in [3.63, 3.8) is 0 Å². The number of methoxy groups -OCH3 is 1. The fraction of sp³-hybridized carbons (Fsp3) is 0.864. The van der Waals surface area contributed by atoms with Gasteiger partial charge in [-0.3, -0.25) is 4.79 Å². The molecule has 174 valence electrons. The first kappa shape index (κ1) is 26.6. The Morgan fingerprint density at radius 1 is 0.867 bits per heavy atom. The van der Waals surface area contributed by atoms with Gasteiger partial charge in [0.05, 0.1) is 12.2 Å². The minimum atomic E-state index is -2.93. The molecular weight excluding hydrogens is 463 g/mol. The van der Waals surface area contributed by atoms with Gasteiger partial charge in [-0.05, 0) is 76.2 Å². The molecule has 0 bridgehead atoms. The highest BCUT2D eigenvalue weighted by molar-refractivity contribution is 7.62. The first-order valence-electron chi connectivity index (χ1n) is 11.4. The van der Waals surface area contributed by atoms with E-state index in [4.69, 9.17) is 47.1 Å². The van der Waals surface area contributed by atoms with Crippen molar-refractivity contribution in [1.82, 2.24) is 0 Å². The molecule has 2 aliphatic carbocycles. The highest BCUT2D eigenvalue weighted by atomic mass is 35.8. The van der Waals surface area contributed by atoms with Gasteiger partial charge in [-0.2, -0.15) is 0 Å². The maximum Gasteiger partial charge on any atom is 0.493 e. The SMILES string of the molecule is COC1CCC(C=CC(=O)C2CCC(OCCCCCCO[Si](Cl)(Cl)Cl)CC2)CC1. The molecule has 2 rings (SSSR count). The van der Waals surface area contributed by atoms with E-state index in [-0.39, 0.29) is 5.92 Å². The summed E-state index contributed by atoms with van der Waals surface area (Å²) in [5, 5.41) is 0. The monoisotopic (exact) mass is 498 g/mol. The Labute approximate surface area is 197 Å². The average Bonchev–Trinajstić information content (AvgIpc) is 2.74. The van der Waals surface area contributed by atoms with E-state index in [1.807, 2.05) is 6.08 Å². The summed E-state index contributed by atoms with van der Waals surface area (Å²) >= 11 is 17.0. The molecule has 4 nitrogen and oxygen atoms in total. The summed E-state index contributed by atoms with van der Waals surface area (Å²) in [5.74, 6) is 1.02. The highest BCUT2D eigenvalue weighted by Gasteiger charge is 2.27. The number of hydrogen-bond donors (Lipinski definition) is 0. The lowest BCUT2D eigenvalue weighted by molar-refractivity contribution is -0.120. The largest absolute Gasteiger partial charge is 0.493 e. The van der Waals surface area contributed by atoms with E-state index < -0.39 is 6.25 Å². The Hall–Kier alpha value is 0.377. The van der Waals surface area contributed by atoms with E-state index in [1.54, 1.807) is 7.11 Å². The van der Waals surface area contributed by atoms with Gasteiger partial charge in [-0.15, -0.1) is 0 Å². The molecule has 0 atom stereocenters. The standard InChI is InChI=1S/C22H37Cl3O4Si/c1-27-20-11-6-18(7-12-20)8-15-22(26)19-9-13-21(14-10-19)28-16-4-2-3-5-17-29-30(23,24)25/h8,15,18-21H,2-7,9-14,16-17H2,1H3.